The van der Waals surface area contributed by atoms with E-state index >= 15 is 0 Å². The van der Waals surface area contributed by atoms with Crippen molar-refractivity contribution >= 4 is 28.2 Å². The Morgan fingerprint density at radius 1 is 1.05 bits per heavy atom. The summed E-state index contributed by atoms with van der Waals surface area (Å²) in [6.45, 7) is 10.1. The van der Waals surface area contributed by atoms with Crippen molar-refractivity contribution in [3.05, 3.63) is 78.2 Å². The second kappa shape index (κ2) is 10.7. The van der Waals surface area contributed by atoms with Crippen molar-refractivity contribution in [2.45, 2.75) is 58.2 Å². The molecule has 0 saturated carbocycles. The summed E-state index contributed by atoms with van der Waals surface area (Å²) in [7, 11) is 0. The Balaban J connectivity index is 1.38. The molecule has 40 heavy (non-hydrogen) atoms. The first-order valence-corrected chi connectivity index (χ1v) is 14.4. The predicted molar refractivity (Wildman–Crippen MR) is 163 cm³/mol. The van der Waals surface area contributed by atoms with Crippen LogP contribution in [0.15, 0.2) is 67.1 Å². The monoisotopic (exact) mass is 539 g/mol. The summed E-state index contributed by atoms with van der Waals surface area (Å²) in [6.07, 6.45) is 7.62. The summed E-state index contributed by atoms with van der Waals surface area (Å²) in [4.78, 5) is 14.1. The molecule has 0 bridgehead atoms. The molecule has 9 heteroatoms. The maximum Gasteiger partial charge on any atom is 0.258 e. The molecule has 2 aliphatic rings. The first kappa shape index (κ1) is 26.6. The first-order valence-electron chi connectivity index (χ1n) is 14.4. The van der Waals surface area contributed by atoms with E-state index in [0.717, 1.165) is 60.3 Å². The van der Waals surface area contributed by atoms with Crippen LogP contribution >= 0.6 is 0 Å². The maximum atomic E-state index is 6.55. The number of piperidine rings is 1. The Kier molecular flexibility index (Phi) is 7.12. The topological polar surface area (TPSA) is 113 Å². The average Bonchev–Trinajstić information content (AvgIpc) is 3.52. The molecule has 1 fully saturated rings. The highest BCUT2D eigenvalue weighted by Crippen LogP contribution is 2.45. The second-order valence-corrected chi connectivity index (χ2v) is 11.6. The van der Waals surface area contributed by atoms with Crippen LogP contribution in [-0.4, -0.2) is 51.2 Å². The molecule has 2 aliphatic heterocycles. The van der Waals surface area contributed by atoms with Gasteiger partial charge < -0.3 is 26.6 Å². The number of fused-ring (bicyclic) bond motifs is 2. The third-order valence-corrected chi connectivity index (χ3v) is 8.61. The van der Waals surface area contributed by atoms with Gasteiger partial charge in [0.05, 0.1) is 23.4 Å². The van der Waals surface area contributed by atoms with Gasteiger partial charge in [-0.15, -0.1) is 0 Å². The lowest BCUT2D eigenvalue weighted by Crippen LogP contribution is -2.66. The van der Waals surface area contributed by atoms with Crippen molar-refractivity contribution < 1.29 is 0 Å². The summed E-state index contributed by atoms with van der Waals surface area (Å²) in [5, 5.41) is 9.06. The number of rotatable bonds is 8. The predicted octanol–water partition coefficient (Wildman–Crippen LogP) is 4.06. The second-order valence-electron chi connectivity index (χ2n) is 11.6. The van der Waals surface area contributed by atoms with E-state index in [1.165, 1.54) is 5.56 Å². The molecule has 210 valence electrons. The van der Waals surface area contributed by atoms with Crippen molar-refractivity contribution in [2.75, 3.05) is 35.6 Å². The Morgan fingerprint density at radius 2 is 1.82 bits per heavy atom. The van der Waals surface area contributed by atoms with Crippen molar-refractivity contribution in [2.24, 2.45) is 11.7 Å². The Hall–Kier alpha value is -3.66. The van der Waals surface area contributed by atoms with Crippen LogP contribution in [0.4, 0.5) is 17.3 Å². The number of nitrogens with zero attached hydrogens (tertiary/aromatic N) is 5. The molecule has 0 spiro atoms. The number of hydrogen-bond acceptors (Lipinski definition) is 8. The number of likely N-dealkylation sites (tertiary alicyclic amines) is 1. The quantitative estimate of drug-likeness (QED) is 0.265. The summed E-state index contributed by atoms with van der Waals surface area (Å²) in [5.74, 6) is 0.0874. The highest BCUT2D eigenvalue weighted by atomic mass is 15.6. The summed E-state index contributed by atoms with van der Waals surface area (Å²) < 4.78 is 2.03. The highest BCUT2D eigenvalue weighted by Gasteiger charge is 2.48. The number of aromatic nitrogens is 3. The fourth-order valence-corrected chi connectivity index (χ4v) is 6.14. The number of nitrogens with one attached hydrogen (secondary N) is 2. The first-order chi connectivity index (χ1) is 19.4. The van der Waals surface area contributed by atoms with Gasteiger partial charge in [-0.1, -0.05) is 50.2 Å². The lowest BCUT2D eigenvalue weighted by atomic mass is 10.0. The molecule has 9 nitrogen and oxygen atoms in total. The zero-order valence-corrected chi connectivity index (χ0v) is 23.7. The van der Waals surface area contributed by atoms with E-state index in [-0.39, 0.29) is 12.1 Å². The minimum atomic E-state index is -0.840. The summed E-state index contributed by atoms with van der Waals surface area (Å²) >= 11 is 0. The van der Waals surface area contributed by atoms with Gasteiger partial charge in [-0.3, -0.25) is 14.9 Å². The van der Waals surface area contributed by atoms with Gasteiger partial charge in [0.15, 0.2) is 0 Å². The van der Waals surface area contributed by atoms with Crippen LogP contribution in [0.1, 0.15) is 37.8 Å². The molecule has 4 heterocycles. The van der Waals surface area contributed by atoms with Gasteiger partial charge in [0.25, 0.3) is 5.91 Å². The molecule has 6 rings (SSSR count). The molecule has 0 aliphatic carbocycles. The van der Waals surface area contributed by atoms with Gasteiger partial charge in [0.2, 0.25) is 5.95 Å². The largest absolute Gasteiger partial charge is 0.369 e. The van der Waals surface area contributed by atoms with E-state index in [4.69, 9.17) is 16.5 Å². The number of anilines is 3. The normalized spacial score (nSPS) is 20.7. The van der Waals surface area contributed by atoms with Crippen molar-refractivity contribution in [3.63, 3.8) is 0 Å². The highest BCUT2D eigenvalue weighted by molar-refractivity contribution is 5.84. The van der Waals surface area contributed by atoms with E-state index in [0.29, 0.717) is 18.4 Å². The van der Waals surface area contributed by atoms with Crippen LogP contribution in [0.2, 0.25) is 0 Å². The lowest BCUT2D eigenvalue weighted by molar-refractivity contribution is 0.139. The lowest BCUT2D eigenvalue weighted by Gasteiger charge is -2.45. The smallest absolute Gasteiger partial charge is 0.258 e. The van der Waals surface area contributed by atoms with Gasteiger partial charge in [0.1, 0.15) is 0 Å². The minimum absolute atomic E-state index is 0.195. The molecule has 6 N–H and O–H groups in total. The molecule has 2 atom stereocenters. The molecule has 4 aromatic rings. The molecular formula is C31H41N9. The third-order valence-electron chi connectivity index (χ3n) is 8.61. The number of nitrogen functional groups attached to an aromatic ring is 1. The standard InChI is InChI=1S/C31H41N9/c1-21(2)26(32)20-38-16-12-25(13-17-38)36-31(39-18-15-35-30(39)33)37-28-22(3)7-4-11-27(28)40(31)19-24-9-5-8-23-10-6-14-34-29(23)24/h4-11,14-15,18,21,25-26,36-37H,12-13,16-17,19-20,32H2,1-3H3,(H2,33,35). The van der Waals surface area contributed by atoms with Crippen molar-refractivity contribution in [1.29, 1.82) is 0 Å². The van der Waals surface area contributed by atoms with Crippen LogP contribution in [0.5, 0.6) is 0 Å². The number of pyridine rings is 1. The van der Waals surface area contributed by atoms with Crippen LogP contribution < -0.4 is 27.0 Å². The molecule has 0 radical (unpaired) electrons. The molecule has 2 aromatic carbocycles. The molecule has 1 saturated heterocycles. The number of imidazole rings is 1. The van der Waals surface area contributed by atoms with E-state index in [9.17, 15) is 0 Å². The molecule has 0 amide bonds. The number of aryl methyl sites for hydroxylation is 1. The van der Waals surface area contributed by atoms with E-state index in [1.807, 2.05) is 23.0 Å². The average molecular weight is 540 g/mol. The Bertz CT molecular complexity index is 1470. The summed E-state index contributed by atoms with van der Waals surface area (Å²) in [6, 6.07) is 17.4. The molecule has 2 aromatic heterocycles. The Labute approximate surface area is 236 Å². The van der Waals surface area contributed by atoms with Gasteiger partial charge in [-0.25, -0.2) is 4.98 Å². The van der Waals surface area contributed by atoms with Gasteiger partial charge in [-0.2, -0.15) is 0 Å². The fourth-order valence-electron chi connectivity index (χ4n) is 6.14. The Morgan fingerprint density at radius 3 is 2.58 bits per heavy atom. The minimum Gasteiger partial charge on any atom is -0.369 e. The van der Waals surface area contributed by atoms with E-state index in [2.05, 4.69) is 88.7 Å². The zero-order chi connectivity index (χ0) is 27.9. The van der Waals surface area contributed by atoms with Gasteiger partial charge in [0, 0.05) is 42.6 Å². The molecular weight excluding hydrogens is 498 g/mol. The van der Waals surface area contributed by atoms with Crippen molar-refractivity contribution in [1.82, 2.24) is 24.8 Å². The molecule has 2 unspecified atom stereocenters. The van der Waals surface area contributed by atoms with Crippen LogP contribution in [-0.2, 0) is 12.5 Å². The van der Waals surface area contributed by atoms with Crippen LogP contribution in [0.3, 0.4) is 0 Å². The van der Waals surface area contributed by atoms with Crippen LogP contribution in [0, 0.1) is 12.8 Å². The van der Waals surface area contributed by atoms with Crippen molar-refractivity contribution in [3.8, 4) is 0 Å². The number of nitrogens with two attached hydrogens (primary N) is 2. The van der Waals surface area contributed by atoms with E-state index < -0.39 is 5.91 Å². The van der Waals surface area contributed by atoms with Gasteiger partial charge in [-0.05, 0) is 62.0 Å². The summed E-state index contributed by atoms with van der Waals surface area (Å²) in [5.41, 5.74) is 18.5. The zero-order valence-electron chi connectivity index (χ0n) is 23.7. The SMILES string of the molecule is Cc1cccc2c1NC(NC1CCN(CC(N)C(C)C)CC1)(n1ccnc1N)N2Cc1cccc2cccnc12. The van der Waals surface area contributed by atoms with E-state index in [1.54, 1.807) is 6.20 Å². The van der Waals surface area contributed by atoms with Crippen LogP contribution in [0.25, 0.3) is 10.9 Å². The maximum absolute atomic E-state index is 6.55. The van der Waals surface area contributed by atoms with Gasteiger partial charge >= 0.3 is 0 Å². The number of para-hydroxylation sites is 2. The number of benzene rings is 2. The fraction of sp³-hybridized carbons (Fsp3) is 0.419. The third kappa shape index (κ3) is 4.78. The number of hydrogen-bond donors (Lipinski definition) is 4.